The van der Waals surface area contributed by atoms with E-state index >= 15 is 0 Å². The molecule has 2 aromatic heterocycles. The molecule has 1 aliphatic rings. The van der Waals surface area contributed by atoms with E-state index in [1.54, 1.807) is 11.1 Å². The van der Waals surface area contributed by atoms with Gasteiger partial charge in [0.2, 0.25) is 0 Å². The molecule has 29 heavy (non-hydrogen) atoms. The van der Waals surface area contributed by atoms with Gasteiger partial charge >= 0.3 is 0 Å². The molecule has 2 heterocycles. The van der Waals surface area contributed by atoms with Crippen molar-refractivity contribution in [3.63, 3.8) is 0 Å². The number of benzene rings is 2. The molecule has 0 aliphatic heterocycles. The lowest BCUT2D eigenvalue weighted by Gasteiger charge is -2.34. The molecule has 4 aromatic rings. The van der Waals surface area contributed by atoms with E-state index in [4.69, 9.17) is 0 Å². The van der Waals surface area contributed by atoms with Crippen LogP contribution in [0.5, 0.6) is 0 Å². The predicted molar refractivity (Wildman–Crippen MR) is 129 cm³/mol. The van der Waals surface area contributed by atoms with Crippen LogP contribution in [0.4, 0.5) is 0 Å². The van der Waals surface area contributed by atoms with Crippen LogP contribution in [-0.2, 0) is 5.41 Å². The predicted octanol–water partition coefficient (Wildman–Crippen LogP) is 9.01. The molecule has 0 nitrogen and oxygen atoms in total. The van der Waals surface area contributed by atoms with Crippen LogP contribution < -0.4 is 0 Å². The van der Waals surface area contributed by atoms with E-state index in [1.165, 1.54) is 57.7 Å². The largest absolute Gasteiger partial charge is 0.144 e. The molecule has 146 valence electrons. The minimum absolute atomic E-state index is 0.113. The zero-order valence-electron chi connectivity index (χ0n) is 17.1. The van der Waals surface area contributed by atoms with Crippen LogP contribution in [0.2, 0.25) is 0 Å². The van der Waals surface area contributed by atoms with E-state index in [-0.39, 0.29) is 5.41 Å². The number of rotatable bonds is 6. The highest BCUT2D eigenvalue weighted by molar-refractivity contribution is 7.14. The summed E-state index contributed by atoms with van der Waals surface area (Å²) in [5.74, 6) is 0. The van der Waals surface area contributed by atoms with E-state index < -0.39 is 0 Å². The average Bonchev–Trinajstić information content (AvgIpc) is 3.50. The van der Waals surface area contributed by atoms with E-state index in [1.807, 2.05) is 22.7 Å². The zero-order valence-corrected chi connectivity index (χ0v) is 18.7. The Bertz CT molecular complexity index is 1110. The molecule has 0 unspecified atom stereocenters. The maximum absolute atomic E-state index is 2.40. The summed E-state index contributed by atoms with van der Waals surface area (Å²) in [7, 11) is 0. The molecule has 0 saturated heterocycles. The molecule has 2 heteroatoms. The fourth-order valence-corrected chi connectivity index (χ4v) is 6.95. The minimum atomic E-state index is 0.113. The Balaban J connectivity index is 1.91. The fraction of sp³-hybridized carbons (Fsp3) is 0.259. The van der Waals surface area contributed by atoms with Crippen molar-refractivity contribution in [2.45, 2.75) is 44.9 Å². The van der Waals surface area contributed by atoms with Crippen LogP contribution in [0.25, 0.3) is 32.0 Å². The summed E-state index contributed by atoms with van der Waals surface area (Å²) in [6.07, 6.45) is 4.80. The van der Waals surface area contributed by atoms with Crippen LogP contribution >= 0.6 is 22.7 Å². The van der Waals surface area contributed by atoms with E-state index in [2.05, 4.69) is 85.3 Å². The maximum Gasteiger partial charge on any atom is 0.0352 e. The molecule has 0 bridgehead atoms. The monoisotopic (exact) mass is 414 g/mol. The standard InChI is InChI=1S/C27H26S2/c1-3-15-27(16-4-2)22-10-6-5-9-19(22)20-13-14-21(23-11-7-17-28-23)25(26(20)27)24-12-8-18-29-24/h5-14,17-18H,3-4,15-16H2,1-2H3. The second-order valence-electron chi connectivity index (χ2n) is 7.99. The first-order chi connectivity index (χ1) is 14.3. The Morgan fingerprint density at radius 1 is 0.655 bits per heavy atom. The lowest BCUT2D eigenvalue weighted by molar-refractivity contribution is 0.437. The first kappa shape index (κ1) is 18.8. The molecule has 0 saturated carbocycles. The second-order valence-corrected chi connectivity index (χ2v) is 9.89. The molecule has 5 rings (SSSR count). The third-order valence-corrected chi connectivity index (χ3v) is 8.11. The minimum Gasteiger partial charge on any atom is -0.144 e. The Morgan fingerprint density at radius 2 is 1.31 bits per heavy atom. The van der Waals surface area contributed by atoms with Gasteiger partial charge in [-0.25, -0.2) is 0 Å². The van der Waals surface area contributed by atoms with Gasteiger partial charge in [-0.1, -0.05) is 75.2 Å². The van der Waals surface area contributed by atoms with Gasteiger partial charge in [-0.3, -0.25) is 0 Å². The summed E-state index contributed by atoms with van der Waals surface area (Å²) in [5, 5.41) is 4.41. The average molecular weight is 415 g/mol. The first-order valence-corrected chi connectivity index (χ1v) is 12.4. The smallest absolute Gasteiger partial charge is 0.0352 e. The van der Waals surface area contributed by atoms with Gasteiger partial charge in [0.25, 0.3) is 0 Å². The summed E-state index contributed by atoms with van der Waals surface area (Å²) in [4.78, 5) is 2.77. The number of thiophene rings is 2. The van der Waals surface area contributed by atoms with Gasteiger partial charge in [-0.2, -0.15) is 0 Å². The molecular weight excluding hydrogens is 388 g/mol. The van der Waals surface area contributed by atoms with Crippen LogP contribution in [0.3, 0.4) is 0 Å². The molecule has 0 amide bonds. The van der Waals surface area contributed by atoms with Crippen LogP contribution in [0.15, 0.2) is 71.4 Å². The highest BCUT2D eigenvalue weighted by Crippen LogP contribution is 2.58. The molecule has 0 spiro atoms. The highest BCUT2D eigenvalue weighted by atomic mass is 32.1. The van der Waals surface area contributed by atoms with Gasteiger partial charge in [0.05, 0.1) is 0 Å². The quantitative estimate of drug-likeness (QED) is 0.295. The van der Waals surface area contributed by atoms with E-state index in [0.29, 0.717) is 0 Å². The number of fused-ring (bicyclic) bond motifs is 3. The summed E-state index contributed by atoms with van der Waals surface area (Å²) in [5.41, 5.74) is 8.99. The van der Waals surface area contributed by atoms with Gasteiger partial charge < -0.3 is 0 Å². The van der Waals surface area contributed by atoms with Gasteiger partial charge in [0.1, 0.15) is 0 Å². The Morgan fingerprint density at radius 3 is 1.97 bits per heavy atom. The molecule has 0 N–H and O–H groups in total. The third-order valence-electron chi connectivity index (χ3n) is 6.32. The van der Waals surface area contributed by atoms with Crippen LogP contribution in [0, 0.1) is 0 Å². The van der Waals surface area contributed by atoms with Crippen molar-refractivity contribution >= 4 is 22.7 Å². The van der Waals surface area contributed by atoms with Crippen molar-refractivity contribution in [3.05, 3.63) is 82.6 Å². The molecule has 0 radical (unpaired) electrons. The number of hydrogen-bond donors (Lipinski definition) is 0. The fourth-order valence-electron chi connectivity index (χ4n) is 5.41. The summed E-state index contributed by atoms with van der Waals surface area (Å²) < 4.78 is 0. The molecule has 0 fully saturated rings. The summed E-state index contributed by atoms with van der Waals surface area (Å²) >= 11 is 3.72. The van der Waals surface area contributed by atoms with Crippen LogP contribution in [-0.4, -0.2) is 0 Å². The topological polar surface area (TPSA) is 0 Å². The molecule has 0 atom stereocenters. The molecule has 1 aliphatic carbocycles. The lowest BCUT2D eigenvalue weighted by atomic mass is 9.69. The summed E-state index contributed by atoms with van der Waals surface area (Å²) in [6.45, 7) is 4.68. The molecular formula is C27H26S2. The van der Waals surface area contributed by atoms with Crippen molar-refractivity contribution in [1.82, 2.24) is 0 Å². The van der Waals surface area contributed by atoms with Crippen molar-refractivity contribution in [2.24, 2.45) is 0 Å². The van der Waals surface area contributed by atoms with Gasteiger partial charge in [0.15, 0.2) is 0 Å². The highest BCUT2D eigenvalue weighted by Gasteiger charge is 2.44. The van der Waals surface area contributed by atoms with Crippen molar-refractivity contribution in [2.75, 3.05) is 0 Å². The van der Waals surface area contributed by atoms with Crippen molar-refractivity contribution in [1.29, 1.82) is 0 Å². The van der Waals surface area contributed by atoms with Gasteiger partial charge in [0, 0.05) is 26.3 Å². The summed E-state index contributed by atoms with van der Waals surface area (Å²) in [6, 6.07) is 22.9. The third kappa shape index (κ3) is 2.85. The Labute approximate surface area is 181 Å². The number of hydrogen-bond acceptors (Lipinski definition) is 2. The van der Waals surface area contributed by atoms with Gasteiger partial charge in [-0.15, -0.1) is 22.7 Å². The molecule has 2 aromatic carbocycles. The van der Waals surface area contributed by atoms with Crippen molar-refractivity contribution < 1.29 is 0 Å². The van der Waals surface area contributed by atoms with E-state index in [0.717, 1.165) is 0 Å². The SMILES string of the molecule is CCCC1(CCC)c2ccccc2-c2ccc(-c3cccs3)c(-c3cccs3)c21. The normalized spacial score (nSPS) is 14.0. The lowest BCUT2D eigenvalue weighted by Crippen LogP contribution is -2.26. The first-order valence-electron chi connectivity index (χ1n) is 10.6. The second kappa shape index (κ2) is 7.59. The maximum atomic E-state index is 2.40. The van der Waals surface area contributed by atoms with Crippen molar-refractivity contribution in [3.8, 4) is 32.0 Å². The zero-order chi connectivity index (χ0) is 19.8. The van der Waals surface area contributed by atoms with Crippen LogP contribution in [0.1, 0.15) is 50.7 Å². The Hall–Kier alpha value is -2.16. The van der Waals surface area contributed by atoms with Gasteiger partial charge in [-0.05, 0) is 58.0 Å². The van der Waals surface area contributed by atoms with E-state index in [9.17, 15) is 0 Å². The Kier molecular flexibility index (Phi) is 4.93.